The number of fused-ring (bicyclic) bond motifs is 2. The fourth-order valence-corrected chi connectivity index (χ4v) is 2.93. The third kappa shape index (κ3) is 1.69. The van der Waals surface area contributed by atoms with Crippen LogP contribution in [0.5, 0.6) is 11.5 Å². The number of benzene rings is 2. The summed E-state index contributed by atoms with van der Waals surface area (Å²) in [5.41, 5.74) is 1.76. The number of ketones is 2. The first-order chi connectivity index (χ1) is 9.97. The Balaban J connectivity index is 2.39. The van der Waals surface area contributed by atoms with Crippen molar-refractivity contribution in [2.45, 2.75) is 20.3 Å². The average molecular weight is 282 g/mol. The molecule has 0 saturated carbocycles. The topological polar surface area (TPSA) is 74.6 Å². The van der Waals surface area contributed by atoms with Gasteiger partial charge in [0.25, 0.3) is 0 Å². The zero-order valence-electron chi connectivity index (χ0n) is 11.7. The summed E-state index contributed by atoms with van der Waals surface area (Å²) in [6.07, 6.45) is 0.556. The third-order valence-electron chi connectivity index (χ3n) is 3.97. The van der Waals surface area contributed by atoms with Crippen molar-refractivity contribution in [1.29, 1.82) is 0 Å². The van der Waals surface area contributed by atoms with Crippen LogP contribution in [0.1, 0.15) is 49.9 Å². The molecule has 1 aliphatic rings. The Kier molecular flexibility index (Phi) is 2.83. The molecule has 106 valence electrons. The Hall–Kier alpha value is -2.62. The molecule has 0 fully saturated rings. The van der Waals surface area contributed by atoms with Crippen molar-refractivity contribution in [2.75, 3.05) is 0 Å². The van der Waals surface area contributed by atoms with Crippen molar-refractivity contribution in [1.82, 2.24) is 0 Å². The molecule has 21 heavy (non-hydrogen) atoms. The van der Waals surface area contributed by atoms with Crippen LogP contribution in [0, 0.1) is 6.92 Å². The summed E-state index contributed by atoms with van der Waals surface area (Å²) in [7, 11) is 0. The van der Waals surface area contributed by atoms with E-state index in [0.29, 0.717) is 12.0 Å². The molecular formula is C17H14O4. The predicted octanol–water partition coefficient (Wildman–Crippen LogP) is 2.74. The van der Waals surface area contributed by atoms with Crippen LogP contribution >= 0.6 is 0 Å². The molecule has 0 amide bonds. The number of aryl methyl sites for hydroxylation is 1. The Morgan fingerprint density at radius 3 is 2.38 bits per heavy atom. The number of hydrogen-bond acceptors (Lipinski definition) is 4. The van der Waals surface area contributed by atoms with E-state index in [2.05, 4.69) is 0 Å². The van der Waals surface area contributed by atoms with Gasteiger partial charge in [-0.15, -0.1) is 0 Å². The number of phenols is 2. The lowest BCUT2D eigenvalue weighted by atomic mass is 9.81. The maximum atomic E-state index is 12.6. The maximum Gasteiger partial charge on any atom is 0.201 e. The minimum atomic E-state index is -0.509. The number of carbonyl (C=O) groups excluding carboxylic acids is 2. The molecule has 1 aliphatic carbocycles. The molecule has 0 radical (unpaired) electrons. The van der Waals surface area contributed by atoms with E-state index in [9.17, 15) is 19.8 Å². The smallest absolute Gasteiger partial charge is 0.201 e. The summed E-state index contributed by atoms with van der Waals surface area (Å²) >= 11 is 0. The lowest BCUT2D eigenvalue weighted by Gasteiger charge is -2.21. The van der Waals surface area contributed by atoms with E-state index in [1.165, 1.54) is 18.2 Å². The molecule has 2 aromatic carbocycles. The Morgan fingerprint density at radius 1 is 1.00 bits per heavy atom. The molecular weight excluding hydrogens is 268 g/mol. The molecule has 2 N–H and O–H groups in total. The largest absolute Gasteiger partial charge is 0.507 e. The first-order valence-electron chi connectivity index (χ1n) is 6.74. The first kappa shape index (κ1) is 13.4. The molecule has 2 aromatic rings. The van der Waals surface area contributed by atoms with Crippen LogP contribution in [0.15, 0.2) is 24.3 Å². The highest BCUT2D eigenvalue weighted by molar-refractivity contribution is 6.30. The number of aromatic hydroxyl groups is 2. The molecule has 0 unspecified atom stereocenters. The van der Waals surface area contributed by atoms with Gasteiger partial charge >= 0.3 is 0 Å². The van der Waals surface area contributed by atoms with Gasteiger partial charge in [0.2, 0.25) is 5.78 Å². The number of phenolic OH excluding ortho intramolecular Hbond substituents is 2. The minimum Gasteiger partial charge on any atom is -0.507 e. The zero-order chi connectivity index (χ0) is 15.3. The van der Waals surface area contributed by atoms with Gasteiger partial charge in [-0.2, -0.15) is 0 Å². The normalized spacial score (nSPS) is 13.0. The summed E-state index contributed by atoms with van der Waals surface area (Å²) in [5, 5.41) is 20.3. The van der Waals surface area contributed by atoms with Gasteiger partial charge in [-0.25, -0.2) is 0 Å². The van der Waals surface area contributed by atoms with Crippen LogP contribution < -0.4 is 0 Å². The fraction of sp³-hybridized carbons (Fsp3) is 0.176. The van der Waals surface area contributed by atoms with Crippen molar-refractivity contribution in [2.24, 2.45) is 0 Å². The predicted molar refractivity (Wildman–Crippen MR) is 77.2 cm³/mol. The van der Waals surface area contributed by atoms with Gasteiger partial charge in [-0.05, 0) is 36.6 Å². The van der Waals surface area contributed by atoms with Crippen molar-refractivity contribution < 1.29 is 19.8 Å². The van der Waals surface area contributed by atoms with Gasteiger partial charge < -0.3 is 10.2 Å². The molecule has 0 bridgehead atoms. The van der Waals surface area contributed by atoms with Gasteiger partial charge in [0, 0.05) is 11.1 Å². The molecule has 4 nitrogen and oxygen atoms in total. The van der Waals surface area contributed by atoms with Crippen LogP contribution in [0.3, 0.4) is 0 Å². The Bertz CT molecular complexity index is 803. The van der Waals surface area contributed by atoms with Crippen LogP contribution in [0.4, 0.5) is 0 Å². The molecule has 0 atom stereocenters. The van der Waals surface area contributed by atoms with Gasteiger partial charge in [0.05, 0.1) is 11.1 Å². The number of rotatable bonds is 1. The van der Waals surface area contributed by atoms with Crippen LogP contribution in [-0.2, 0) is 6.42 Å². The van der Waals surface area contributed by atoms with E-state index < -0.39 is 5.78 Å². The molecule has 0 aliphatic heterocycles. The van der Waals surface area contributed by atoms with Gasteiger partial charge in [-0.3, -0.25) is 9.59 Å². The third-order valence-corrected chi connectivity index (χ3v) is 3.97. The first-order valence-corrected chi connectivity index (χ1v) is 6.74. The van der Waals surface area contributed by atoms with Crippen molar-refractivity contribution in [3.05, 3.63) is 57.6 Å². The van der Waals surface area contributed by atoms with Crippen molar-refractivity contribution in [3.8, 4) is 11.5 Å². The van der Waals surface area contributed by atoms with Gasteiger partial charge in [0.15, 0.2) is 5.78 Å². The number of hydrogen-bond donors (Lipinski definition) is 2. The van der Waals surface area contributed by atoms with E-state index >= 15 is 0 Å². The monoisotopic (exact) mass is 282 g/mol. The summed E-state index contributed by atoms with van der Waals surface area (Å²) in [6.45, 7) is 3.67. The standard InChI is InChI=1S/C17H14O4/c1-3-9-8(2)7-11-14(16(9)20)17(21)13-10(15(11)19)5-4-6-12(13)18/h4-7,18,20H,3H2,1-2H3. The SMILES string of the molecule is CCc1c(C)cc2c(c1O)C(=O)c1c(O)cccc1C2=O. The van der Waals surface area contributed by atoms with Crippen molar-refractivity contribution in [3.63, 3.8) is 0 Å². The molecule has 3 rings (SSSR count). The second-order valence-corrected chi connectivity index (χ2v) is 5.15. The summed E-state index contributed by atoms with van der Waals surface area (Å²) < 4.78 is 0. The second kappa shape index (κ2) is 4.45. The van der Waals surface area contributed by atoms with Crippen LogP contribution in [0.2, 0.25) is 0 Å². The van der Waals surface area contributed by atoms with Gasteiger partial charge in [0.1, 0.15) is 11.5 Å². The molecule has 0 heterocycles. The summed E-state index contributed by atoms with van der Waals surface area (Å²) in [5.74, 6) is -1.25. The highest BCUT2D eigenvalue weighted by atomic mass is 16.3. The second-order valence-electron chi connectivity index (χ2n) is 5.15. The lowest BCUT2D eigenvalue weighted by Crippen LogP contribution is -2.22. The summed E-state index contributed by atoms with van der Waals surface area (Å²) in [4.78, 5) is 25.1. The zero-order valence-corrected chi connectivity index (χ0v) is 11.7. The van der Waals surface area contributed by atoms with Crippen LogP contribution in [0.25, 0.3) is 0 Å². The van der Waals surface area contributed by atoms with E-state index in [0.717, 1.165) is 5.56 Å². The average Bonchev–Trinajstić information content (AvgIpc) is 2.44. The van der Waals surface area contributed by atoms with E-state index in [1.54, 1.807) is 13.0 Å². The Morgan fingerprint density at radius 2 is 1.71 bits per heavy atom. The summed E-state index contributed by atoms with van der Waals surface area (Å²) in [6, 6.07) is 6.04. The van der Waals surface area contributed by atoms with Gasteiger partial charge in [-0.1, -0.05) is 19.1 Å². The number of carbonyl (C=O) groups is 2. The molecule has 0 aromatic heterocycles. The Labute approximate surface area is 121 Å². The molecule has 0 spiro atoms. The highest BCUT2D eigenvalue weighted by Crippen LogP contribution is 2.39. The maximum absolute atomic E-state index is 12.6. The minimum absolute atomic E-state index is 0.00329. The fourth-order valence-electron chi connectivity index (χ4n) is 2.93. The van der Waals surface area contributed by atoms with E-state index in [-0.39, 0.29) is 39.5 Å². The highest BCUT2D eigenvalue weighted by Gasteiger charge is 2.35. The van der Waals surface area contributed by atoms with E-state index in [1.807, 2.05) is 6.92 Å². The van der Waals surface area contributed by atoms with E-state index in [4.69, 9.17) is 0 Å². The molecule has 0 saturated heterocycles. The lowest BCUT2D eigenvalue weighted by molar-refractivity contribution is 0.0974. The molecule has 4 heteroatoms. The quantitative estimate of drug-likeness (QED) is 0.719. The van der Waals surface area contributed by atoms with Crippen molar-refractivity contribution >= 4 is 11.6 Å². The van der Waals surface area contributed by atoms with Crippen LogP contribution in [-0.4, -0.2) is 21.8 Å².